The molecule has 0 aliphatic carbocycles. The van der Waals surface area contributed by atoms with Crippen LogP contribution in [0.3, 0.4) is 0 Å². The van der Waals surface area contributed by atoms with Gasteiger partial charge in [-0.05, 0) is 38.4 Å². The summed E-state index contributed by atoms with van der Waals surface area (Å²) in [4.78, 5) is 6.22. The SMILES string of the molecule is CN(C)CCNc1oc(-c2ccc(Cl)cc2)nc1C#N. The molecule has 0 aliphatic rings. The molecule has 0 amide bonds. The molecule has 1 aromatic heterocycles. The third-order valence-corrected chi connectivity index (χ3v) is 2.92. The van der Waals surface area contributed by atoms with Crippen LogP contribution in [0, 0.1) is 11.3 Å². The highest BCUT2D eigenvalue weighted by atomic mass is 35.5. The normalized spacial score (nSPS) is 10.6. The van der Waals surface area contributed by atoms with Gasteiger partial charge in [-0.25, -0.2) is 0 Å². The van der Waals surface area contributed by atoms with Gasteiger partial charge < -0.3 is 14.6 Å². The molecule has 0 unspecified atom stereocenters. The smallest absolute Gasteiger partial charge is 0.232 e. The van der Waals surface area contributed by atoms with Crippen molar-refractivity contribution in [2.24, 2.45) is 0 Å². The molecule has 0 bridgehead atoms. The predicted molar refractivity (Wildman–Crippen MR) is 78.7 cm³/mol. The second kappa shape index (κ2) is 6.42. The van der Waals surface area contributed by atoms with Crippen LogP contribution in [0.4, 0.5) is 5.88 Å². The molecule has 5 nitrogen and oxygen atoms in total. The van der Waals surface area contributed by atoms with Crippen molar-refractivity contribution in [3.05, 3.63) is 35.0 Å². The fourth-order valence-electron chi connectivity index (χ4n) is 1.62. The lowest BCUT2D eigenvalue weighted by Crippen LogP contribution is -2.20. The highest BCUT2D eigenvalue weighted by Crippen LogP contribution is 2.26. The Morgan fingerprint density at radius 3 is 2.65 bits per heavy atom. The minimum Gasteiger partial charge on any atom is -0.419 e. The summed E-state index contributed by atoms with van der Waals surface area (Å²) in [5, 5.41) is 12.8. The maximum atomic E-state index is 9.09. The van der Waals surface area contributed by atoms with Crippen LogP contribution in [0.2, 0.25) is 5.02 Å². The van der Waals surface area contributed by atoms with Crippen LogP contribution in [0.5, 0.6) is 0 Å². The van der Waals surface area contributed by atoms with Crippen molar-refractivity contribution >= 4 is 17.5 Å². The van der Waals surface area contributed by atoms with Crippen LogP contribution >= 0.6 is 11.6 Å². The second-order valence-corrected chi connectivity index (χ2v) is 4.98. The molecule has 0 aliphatic heterocycles. The molecular weight excluding hydrogens is 276 g/mol. The zero-order valence-corrected chi connectivity index (χ0v) is 12.1. The van der Waals surface area contributed by atoms with Crippen LogP contribution in [-0.4, -0.2) is 37.1 Å². The molecule has 1 N–H and O–H groups in total. The van der Waals surface area contributed by atoms with Gasteiger partial charge in [-0.2, -0.15) is 10.2 Å². The zero-order chi connectivity index (χ0) is 14.5. The van der Waals surface area contributed by atoms with Gasteiger partial charge in [-0.1, -0.05) is 11.6 Å². The standard InChI is InChI=1S/C14H15ClN4O/c1-19(2)8-7-17-14-12(9-16)18-13(20-14)10-3-5-11(15)6-4-10/h3-6,17H,7-8H2,1-2H3. The first-order valence-corrected chi connectivity index (χ1v) is 6.53. The number of aromatic nitrogens is 1. The monoisotopic (exact) mass is 290 g/mol. The molecule has 0 saturated heterocycles. The molecule has 6 heteroatoms. The van der Waals surface area contributed by atoms with E-state index in [0.717, 1.165) is 12.1 Å². The number of likely N-dealkylation sites (N-methyl/N-ethyl adjacent to an activating group) is 1. The Kier molecular flexibility index (Phi) is 4.61. The van der Waals surface area contributed by atoms with Gasteiger partial charge in [0.15, 0.2) is 0 Å². The van der Waals surface area contributed by atoms with Crippen LogP contribution in [0.15, 0.2) is 28.7 Å². The van der Waals surface area contributed by atoms with Gasteiger partial charge >= 0.3 is 0 Å². The van der Waals surface area contributed by atoms with Crippen LogP contribution in [-0.2, 0) is 0 Å². The number of rotatable bonds is 5. The molecule has 1 aromatic carbocycles. The third-order valence-electron chi connectivity index (χ3n) is 2.67. The average molecular weight is 291 g/mol. The first kappa shape index (κ1) is 14.4. The molecule has 2 aromatic rings. The Morgan fingerprint density at radius 2 is 2.05 bits per heavy atom. The number of oxazole rings is 1. The van der Waals surface area contributed by atoms with E-state index < -0.39 is 0 Å². The molecule has 0 saturated carbocycles. The van der Waals surface area contributed by atoms with Crippen LogP contribution in [0.25, 0.3) is 11.5 Å². The van der Waals surface area contributed by atoms with E-state index in [4.69, 9.17) is 21.3 Å². The minimum atomic E-state index is 0.258. The Hall–Kier alpha value is -2.03. The summed E-state index contributed by atoms with van der Waals surface area (Å²) in [5.74, 6) is 0.810. The third kappa shape index (κ3) is 3.50. The average Bonchev–Trinajstić information content (AvgIpc) is 2.82. The quantitative estimate of drug-likeness (QED) is 0.917. The van der Waals surface area contributed by atoms with E-state index in [0.29, 0.717) is 23.3 Å². The van der Waals surface area contributed by atoms with Gasteiger partial charge in [0, 0.05) is 23.7 Å². The van der Waals surface area contributed by atoms with Crippen molar-refractivity contribution in [1.29, 1.82) is 5.26 Å². The summed E-state index contributed by atoms with van der Waals surface area (Å²) in [5.41, 5.74) is 1.04. The Balaban J connectivity index is 2.18. The zero-order valence-electron chi connectivity index (χ0n) is 11.4. The number of halogens is 1. The maximum Gasteiger partial charge on any atom is 0.232 e. The number of nitrogens with zero attached hydrogens (tertiary/aromatic N) is 3. The summed E-state index contributed by atoms with van der Waals surface area (Å²) in [6.07, 6.45) is 0. The minimum absolute atomic E-state index is 0.258. The van der Waals surface area contributed by atoms with E-state index in [1.54, 1.807) is 24.3 Å². The van der Waals surface area contributed by atoms with Gasteiger partial charge in [-0.15, -0.1) is 0 Å². The van der Waals surface area contributed by atoms with E-state index in [-0.39, 0.29) is 5.69 Å². The fourth-order valence-corrected chi connectivity index (χ4v) is 1.75. The van der Waals surface area contributed by atoms with E-state index in [1.165, 1.54) is 0 Å². The lowest BCUT2D eigenvalue weighted by atomic mass is 10.2. The number of nitrogens with one attached hydrogen (secondary N) is 1. The molecular formula is C14H15ClN4O. The van der Waals surface area contributed by atoms with E-state index in [9.17, 15) is 0 Å². The second-order valence-electron chi connectivity index (χ2n) is 4.55. The Morgan fingerprint density at radius 1 is 1.35 bits per heavy atom. The van der Waals surface area contributed by atoms with Crippen molar-refractivity contribution < 1.29 is 4.42 Å². The summed E-state index contributed by atoms with van der Waals surface area (Å²) in [6, 6.07) is 9.15. The highest BCUT2D eigenvalue weighted by molar-refractivity contribution is 6.30. The molecule has 1 heterocycles. The number of anilines is 1. The van der Waals surface area contributed by atoms with Crippen molar-refractivity contribution in [2.45, 2.75) is 0 Å². The van der Waals surface area contributed by atoms with Crippen molar-refractivity contribution in [3.63, 3.8) is 0 Å². The fraction of sp³-hybridized carbons (Fsp3) is 0.286. The van der Waals surface area contributed by atoms with Crippen molar-refractivity contribution in [1.82, 2.24) is 9.88 Å². The summed E-state index contributed by atoms with van der Waals surface area (Å²) < 4.78 is 5.61. The highest BCUT2D eigenvalue weighted by Gasteiger charge is 2.14. The van der Waals surface area contributed by atoms with Gasteiger partial charge in [-0.3, -0.25) is 0 Å². The van der Waals surface area contributed by atoms with E-state index >= 15 is 0 Å². The number of benzene rings is 1. The topological polar surface area (TPSA) is 65.1 Å². The van der Waals surface area contributed by atoms with Crippen LogP contribution in [0.1, 0.15) is 5.69 Å². The lowest BCUT2D eigenvalue weighted by Gasteiger charge is -2.09. The van der Waals surface area contributed by atoms with Gasteiger partial charge in [0.25, 0.3) is 0 Å². The lowest BCUT2D eigenvalue weighted by molar-refractivity contribution is 0.423. The van der Waals surface area contributed by atoms with Gasteiger partial charge in [0.05, 0.1) is 0 Å². The van der Waals surface area contributed by atoms with E-state index in [2.05, 4.69) is 10.3 Å². The number of hydrogen-bond donors (Lipinski definition) is 1. The molecule has 0 atom stereocenters. The van der Waals surface area contributed by atoms with E-state index in [1.807, 2.05) is 25.1 Å². The molecule has 0 spiro atoms. The summed E-state index contributed by atoms with van der Waals surface area (Å²) >= 11 is 5.84. The van der Waals surface area contributed by atoms with Crippen molar-refractivity contribution in [2.75, 3.05) is 32.5 Å². The summed E-state index contributed by atoms with van der Waals surface area (Å²) in [7, 11) is 3.96. The largest absolute Gasteiger partial charge is 0.419 e. The predicted octanol–water partition coefficient (Wildman–Crippen LogP) is 2.84. The molecule has 0 fully saturated rings. The molecule has 0 radical (unpaired) electrons. The first-order chi connectivity index (χ1) is 9.60. The van der Waals surface area contributed by atoms with Crippen molar-refractivity contribution in [3.8, 4) is 17.5 Å². The number of hydrogen-bond acceptors (Lipinski definition) is 5. The van der Waals surface area contributed by atoms with Gasteiger partial charge in [0.2, 0.25) is 17.5 Å². The maximum absolute atomic E-state index is 9.09. The molecule has 20 heavy (non-hydrogen) atoms. The van der Waals surface area contributed by atoms with Crippen LogP contribution < -0.4 is 5.32 Å². The molecule has 104 valence electrons. The van der Waals surface area contributed by atoms with Gasteiger partial charge in [0.1, 0.15) is 6.07 Å². The first-order valence-electron chi connectivity index (χ1n) is 6.15. The number of nitriles is 1. The Labute approximate surface area is 122 Å². The summed E-state index contributed by atoms with van der Waals surface area (Å²) in [6.45, 7) is 1.51. The Bertz CT molecular complexity index is 613. The molecule has 2 rings (SSSR count).